The smallest absolute Gasteiger partial charge is 0.330 e. The monoisotopic (exact) mass is 446 g/mol. The van der Waals surface area contributed by atoms with Crippen LogP contribution in [-0.2, 0) is 26.2 Å². The Balaban J connectivity index is 1.78. The second-order valence-electron chi connectivity index (χ2n) is 7.72. The van der Waals surface area contributed by atoms with Crippen LogP contribution >= 0.6 is 0 Å². The standard InChI is InChI=1S/C23H26N8O2/c1-2-13-31-19(26-27-28-31)16-29(14-17-9-5-3-6-10-17)20-21(24)30(23(33)25-22(20)32)15-18-11-7-4-8-12-18/h3-12H,2,13-16,24H2,1H3,(H,25,32,33). The number of aryl methyl sites for hydroxylation is 1. The van der Waals surface area contributed by atoms with Gasteiger partial charge in [-0.05, 0) is 28.0 Å². The van der Waals surface area contributed by atoms with Gasteiger partial charge in [-0.15, -0.1) is 5.10 Å². The lowest BCUT2D eigenvalue weighted by Crippen LogP contribution is -2.38. The molecule has 33 heavy (non-hydrogen) atoms. The van der Waals surface area contributed by atoms with Gasteiger partial charge in [-0.2, -0.15) is 0 Å². The van der Waals surface area contributed by atoms with E-state index in [4.69, 9.17) is 5.73 Å². The van der Waals surface area contributed by atoms with E-state index in [9.17, 15) is 9.59 Å². The first-order valence-electron chi connectivity index (χ1n) is 10.8. The number of aromatic amines is 1. The molecular weight excluding hydrogens is 420 g/mol. The zero-order valence-corrected chi connectivity index (χ0v) is 18.4. The lowest BCUT2D eigenvalue weighted by molar-refractivity contribution is 0.548. The third-order valence-electron chi connectivity index (χ3n) is 5.30. The number of nitrogen functional groups attached to an aromatic ring is 1. The molecular formula is C23H26N8O2. The Morgan fingerprint density at radius 2 is 1.64 bits per heavy atom. The molecule has 0 spiro atoms. The van der Waals surface area contributed by atoms with Crippen LogP contribution in [0.4, 0.5) is 11.5 Å². The summed E-state index contributed by atoms with van der Waals surface area (Å²) in [6, 6.07) is 19.2. The zero-order chi connectivity index (χ0) is 23.2. The molecule has 3 N–H and O–H groups in total. The average Bonchev–Trinajstić information content (AvgIpc) is 3.25. The predicted molar refractivity (Wildman–Crippen MR) is 126 cm³/mol. The first-order chi connectivity index (χ1) is 16.1. The number of nitrogens with zero attached hydrogens (tertiary/aromatic N) is 6. The van der Waals surface area contributed by atoms with Crippen molar-refractivity contribution in [2.75, 3.05) is 10.6 Å². The summed E-state index contributed by atoms with van der Waals surface area (Å²) in [4.78, 5) is 29.8. The molecule has 2 aromatic carbocycles. The van der Waals surface area contributed by atoms with Crippen molar-refractivity contribution in [2.24, 2.45) is 0 Å². The van der Waals surface area contributed by atoms with Gasteiger partial charge in [-0.1, -0.05) is 67.6 Å². The summed E-state index contributed by atoms with van der Waals surface area (Å²) in [7, 11) is 0. The molecule has 0 fully saturated rings. The van der Waals surface area contributed by atoms with Crippen LogP contribution in [0.5, 0.6) is 0 Å². The van der Waals surface area contributed by atoms with Crippen LogP contribution in [0.1, 0.15) is 30.3 Å². The molecule has 0 amide bonds. The summed E-state index contributed by atoms with van der Waals surface area (Å²) >= 11 is 0. The van der Waals surface area contributed by atoms with Crippen molar-refractivity contribution in [1.29, 1.82) is 0 Å². The number of H-pyrrole nitrogens is 1. The SMILES string of the molecule is CCCn1nnnc1CN(Cc1ccccc1)c1c(N)n(Cc2ccccc2)c(=O)[nH]c1=O. The molecule has 0 radical (unpaired) electrons. The van der Waals surface area contributed by atoms with Crippen molar-refractivity contribution in [2.45, 2.75) is 39.5 Å². The molecule has 4 aromatic rings. The largest absolute Gasteiger partial charge is 0.383 e. The molecule has 0 unspecified atom stereocenters. The Labute approximate surface area is 190 Å². The summed E-state index contributed by atoms with van der Waals surface area (Å²) in [6.45, 7) is 3.56. The van der Waals surface area contributed by atoms with Gasteiger partial charge in [-0.25, -0.2) is 9.48 Å². The number of nitrogens with two attached hydrogens (primary N) is 1. The van der Waals surface area contributed by atoms with Crippen LogP contribution in [0.15, 0.2) is 70.3 Å². The first kappa shape index (κ1) is 22.0. The van der Waals surface area contributed by atoms with E-state index in [2.05, 4.69) is 20.5 Å². The minimum absolute atomic E-state index is 0.0954. The highest BCUT2D eigenvalue weighted by Gasteiger charge is 2.22. The molecule has 0 atom stereocenters. The second kappa shape index (κ2) is 9.94. The zero-order valence-electron chi connectivity index (χ0n) is 18.4. The number of rotatable bonds is 9. The predicted octanol–water partition coefficient (Wildman–Crippen LogP) is 1.77. The van der Waals surface area contributed by atoms with E-state index in [1.165, 1.54) is 4.57 Å². The van der Waals surface area contributed by atoms with E-state index in [-0.39, 0.29) is 24.6 Å². The number of benzene rings is 2. The molecule has 2 aromatic heterocycles. The van der Waals surface area contributed by atoms with E-state index >= 15 is 0 Å². The fourth-order valence-corrected chi connectivity index (χ4v) is 3.72. The van der Waals surface area contributed by atoms with Crippen molar-refractivity contribution < 1.29 is 0 Å². The molecule has 0 saturated carbocycles. The minimum Gasteiger partial charge on any atom is -0.383 e. The normalized spacial score (nSPS) is 10.9. The molecule has 0 bridgehead atoms. The fraction of sp³-hybridized carbons (Fsp3) is 0.261. The Hall–Kier alpha value is -4.21. The van der Waals surface area contributed by atoms with E-state index in [0.717, 1.165) is 17.5 Å². The van der Waals surface area contributed by atoms with E-state index < -0.39 is 11.2 Å². The summed E-state index contributed by atoms with van der Waals surface area (Å²) in [5.41, 5.74) is 7.43. The van der Waals surface area contributed by atoms with Gasteiger partial charge in [0.1, 0.15) is 11.5 Å². The number of hydrogen-bond acceptors (Lipinski definition) is 7. The summed E-state index contributed by atoms with van der Waals surface area (Å²) in [6.07, 6.45) is 0.863. The van der Waals surface area contributed by atoms with Crippen molar-refractivity contribution in [3.8, 4) is 0 Å². The third-order valence-corrected chi connectivity index (χ3v) is 5.30. The second-order valence-corrected chi connectivity index (χ2v) is 7.72. The Bertz CT molecular complexity index is 1310. The maximum absolute atomic E-state index is 13.0. The van der Waals surface area contributed by atoms with Crippen molar-refractivity contribution in [3.05, 3.63) is 98.5 Å². The molecule has 2 heterocycles. The molecule has 0 saturated heterocycles. The molecule has 0 aliphatic rings. The maximum Gasteiger partial charge on any atom is 0.330 e. The van der Waals surface area contributed by atoms with Crippen LogP contribution in [0.25, 0.3) is 0 Å². The highest BCUT2D eigenvalue weighted by molar-refractivity contribution is 5.62. The number of aromatic nitrogens is 6. The minimum atomic E-state index is -0.555. The molecule has 0 aliphatic heterocycles. The van der Waals surface area contributed by atoms with Gasteiger partial charge in [-0.3, -0.25) is 14.3 Å². The highest BCUT2D eigenvalue weighted by Crippen LogP contribution is 2.22. The molecule has 0 aliphatic carbocycles. The first-order valence-corrected chi connectivity index (χ1v) is 10.8. The van der Waals surface area contributed by atoms with E-state index in [0.29, 0.717) is 18.9 Å². The summed E-state index contributed by atoms with van der Waals surface area (Å²) < 4.78 is 3.08. The molecule has 170 valence electrons. The van der Waals surface area contributed by atoms with Gasteiger partial charge in [0.2, 0.25) is 0 Å². The molecule has 10 heteroatoms. The third kappa shape index (κ3) is 5.00. The Morgan fingerprint density at radius 1 is 0.970 bits per heavy atom. The molecule has 10 nitrogen and oxygen atoms in total. The van der Waals surface area contributed by atoms with E-state index in [1.54, 1.807) is 4.68 Å². The Morgan fingerprint density at radius 3 is 2.30 bits per heavy atom. The van der Waals surface area contributed by atoms with Gasteiger partial charge in [0.15, 0.2) is 5.82 Å². The number of anilines is 2. The number of nitrogens with one attached hydrogen (secondary N) is 1. The van der Waals surface area contributed by atoms with Gasteiger partial charge >= 0.3 is 5.69 Å². The van der Waals surface area contributed by atoms with Crippen LogP contribution in [-0.4, -0.2) is 29.8 Å². The number of hydrogen-bond donors (Lipinski definition) is 2. The fourth-order valence-electron chi connectivity index (χ4n) is 3.72. The molecule has 4 rings (SSSR count). The lowest BCUT2D eigenvalue weighted by atomic mass is 10.2. The van der Waals surface area contributed by atoms with Crippen LogP contribution in [0.3, 0.4) is 0 Å². The van der Waals surface area contributed by atoms with Crippen LogP contribution < -0.4 is 21.9 Å². The van der Waals surface area contributed by atoms with Crippen molar-refractivity contribution >= 4 is 11.5 Å². The number of tetrazole rings is 1. The Kier molecular flexibility index (Phi) is 6.63. The average molecular weight is 447 g/mol. The highest BCUT2D eigenvalue weighted by atomic mass is 16.2. The summed E-state index contributed by atoms with van der Waals surface area (Å²) in [5, 5.41) is 12.0. The topological polar surface area (TPSA) is 128 Å². The van der Waals surface area contributed by atoms with E-state index in [1.807, 2.05) is 72.5 Å². The maximum atomic E-state index is 13.0. The van der Waals surface area contributed by atoms with Crippen LogP contribution in [0, 0.1) is 0 Å². The van der Waals surface area contributed by atoms with Gasteiger partial charge < -0.3 is 10.6 Å². The van der Waals surface area contributed by atoms with Crippen LogP contribution in [0.2, 0.25) is 0 Å². The van der Waals surface area contributed by atoms with Gasteiger partial charge in [0, 0.05) is 13.1 Å². The van der Waals surface area contributed by atoms with Crippen molar-refractivity contribution in [1.82, 2.24) is 29.8 Å². The quantitative estimate of drug-likeness (QED) is 0.401. The van der Waals surface area contributed by atoms with Gasteiger partial charge in [0.25, 0.3) is 5.56 Å². The lowest BCUT2D eigenvalue weighted by Gasteiger charge is -2.26. The summed E-state index contributed by atoms with van der Waals surface area (Å²) in [5.74, 6) is 0.699. The van der Waals surface area contributed by atoms with Gasteiger partial charge in [0.05, 0.1) is 13.1 Å². The van der Waals surface area contributed by atoms with Crippen molar-refractivity contribution in [3.63, 3.8) is 0 Å².